The van der Waals surface area contributed by atoms with Crippen molar-refractivity contribution >= 4 is 22.4 Å². The Bertz CT molecular complexity index is 1180. The van der Waals surface area contributed by atoms with Gasteiger partial charge in [0.25, 0.3) is 0 Å². The molecule has 136 valence electrons. The molecule has 1 fully saturated rings. The molecule has 1 aliphatic rings. The number of piperazine rings is 1. The lowest BCUT2D eigenvalue weighted by atomic mass is 10.1. The molecule has 0 unspecified atom stereocenters. The number of nitrogens with zero attached hydrogens (tertiary/aromatic N) is 4. The summed E-state index contributed by atoms with van der Waals surface area (Å²) < 4.78 is 21.9. The molecule has 0 radical (unpaired) electrons. The lowest BCUT2D eigenvalue weighted by molar-refractivity contribution is 0.555. The lowest BCUT2D eigenvalue weighted by Crippen LogP contribution is -2.43. The number of aromatic nitrogens is 3. The predicted molar refractivity (Wildman–Crippen MR) is 99.5 cm³/mol. The zero-order valence-corrected chi connectivity index (χ0v) is 14.4. The second-order valence-corrected chi connectivity index (χ2v) is 6.48. The van der Waals surface area contributed by atoms with Crippen LogP contribution in [0.2, 0.25) is 0 Å². The fourth-order valence-electron chi connectivity index (χ4n) is 3.41. The van der Waals surface area contributed by atoms with Crippen molar-refractivity contribution in [2.75, 3.05) is 31.1 Å². The Morgan fingerprint density at radius 1 is 1.19 bits per heavy atom. The summed E-state index contributed by atoms with van der Waals surface area (Å²) in [6, 6.07) is 6.47. The van der Waals surface area contributed by atoms with Crippen molar-refractivity contribution in [3.8, 4) is 11.3 Å². The van der Waals surface area contributed by atoms with Gasteiger partial charge in [0.1, 0.15) is 11.4 Å². The van der Waals surface area contributed by atoms with Crippen molar-refractivity contribution in [2.24, 2.45) is 0 Å². The third kappa shape index (κ3) is 2.74. The third-order valence-corrected chi connectivity index (χ3v) is 4.78. The minimum atomic E-state index is -0.553. The van der Waals surface area contributed by atoms with Crippen LogP contribution in [0.4, 0.5) is 10.1 Å². The van der Waals surface area contributed by atoms with Gasteiger partial charge in [0.15, 0.2) is 0 Å². The van der Waals surface area contributed by atoms with Gasteiger partial charge in [-0.25, -0.2) is 19.2 Å². The van der Waals surface area contributed by atoms with Gasteiger partial charge in [0.05, 0.1) is 16.6 Å². The topological polar surface area (TPSA) is 75.7 Å². The average Bonchev–Trinajstić information content (AvgIpc) is 3.12. The monoisotopic (exact) mass is 365 g/mol. The second kappa shape index (κ2) is 6.17. The van der Waals surface area contributed by atoms with Crippen molar-refractivity contribution in [1.82, 2.24) is 19.7 Å². The van der Waals surface area contributed by atoms with Crippen molar-refractivity contribution in [1.29, 1.82) is 0 Å². The number of halogens is 1. The maximum absolute atomic E-state index is 14.8. The molecule has 5 rings (SSSR count). The van der Waals surface area contributed by atoms with Gasteiger partial charge in [-0.3, -0.25) is 4.40 Å². The maximum Gasteiger partial charge on any atom is 0.345 e. The van der Waals surface area contributed by atoms with Crippen LogP contribution in [0.25, 0.3) is 28.0 Å². The summed E-state index contributed by atoms with van der Waals surface area (Å²) in [7, 11) is 0. The molecule has 0 atom stereocenters. The molecule has 1 N–H and O–H groups in total. The smallest absolute Gasteiger partial charge is 0.345 e. The van der Waals surface area contributed by atoms with E-state index >= 15 is 0 Å². The highest BCUT2D eigenvalue weighted by molar-refractivity contribution is 5.85. The molecule has 0 aliphatic carbocycles. The largest absolute Gasteiger partial charge is 0.422 e. The summed E-state index contributed by atoms with van der Waals surface area (Å²) in [6.45, 7) is 3.23. The van der Waals surface area contributed by atoms with E-state index in [-0.39, 0.29) is 16.5 Å². The van der Waals surface area contributed by atoms with E-state index < -0.39 is 11.4 Å². The Hall–Kier alpha value is -3.26. The summed E-state index contributed by atoms with van der Waals surface area (Å²) in [5, 5.41) is 3.52. The van der Waals surface area contributed by atoms with Gasteiger partial charge in [0, 0.05) is 56.5 Å². The van der Waals surface area contributed by atoms with Crippen molar-refractivity contribution < 1.29 is 8.81 Å². The van der Waals surface area contributed by atoms with E-state index in [4.69, 9.17) is 4.42 Å². The third-order valence-electron chi connectivity index (χ3n) is 4.78. The Balaban J connectivity index is 1.64. The number of hydrogen-bond donors (Lipinski definition) is 1. The summed E-state index contributed by atoms with van der Waals surface area (Å²) in [6.07, 6.45) is 5.07. The molecule has 1 aliphatic heterocycles. The standard InChI is InChI=1S/C19H16FN5O2/c20-15-8-12(24-6-3-21-4-7-24)9-17-13(15)10-14(18(26)27-17)16-11-25-5-1-2-22-19(25)23-16/h1-2,5,8-11,21H,3-4,6-7H2. The van der Waals surface area contributed by atoms with Gasteiger partial charge >= 0.3 is 5.63 Å². The molecule has 4 aromatic rings. The predicted octanol–water partition coefficient (Wildman–Crippen LogP) is 2.05. The highest BCUT2D eigenvalue weighted by Gasteiger charge is 2.17. The molecular formula is C19H16FN5O2. The SMILES string of the molecule is O=c1oc2cc(N3CCNCC3)cc(F)c2cc1-c1cn2cccnc2n1. The molecule has 8 heteroatoms. The summed E-state index contributed by atoms with van der Waals surface area (Å²) in [4.78, 5) is 23.1. The quantitative estimate of drug-likeness (QED) is 0.548. The minimum absolute atomic E-state index is 0.210. The van der Waals surface area contributed by atoms with E-state index in [9.17, 15) is 9.18 Å². The first kappa shape index (κ1) is 16.0. The van der Waals surface area contributed by atoms with Gasteiger partial charge < -0.3 is 14.6 Å². The molecule has 1 aromatic carbocycles. The van der Waals surface area contributed by atoms with Crippen LogP contribution in [0.15, 0.2) is 52.1 Å². The van der Waals surface area contributed by atoms with Crippen LogP contribution in [0, 0.1) is 5.82 Å². The van der Waals surface area contributed by atoms with E-state index in [2.05, 4.69) is 20.2 Å². The number of hydrogen-bond acceptors (Lipinski definition) is 6. The highest BCUT2D eigenvalue weighted by atomic mass is 19.1. The number of imidazole rings is 1. The summed E-state index contributed by atoms with van der Waals surface area (Å²) in [5.41, 5.74) is 1.01. The molecule has 7 nitrogen and oxygen atoms in total. The van der Waals surface area contributed by atoms with Crippen LogP contribution < -0.4 is 15.8 Å². The van der Waals surface area contributed by atoms with Gasteiger partial charge in [-0.05, 0) is 18.2 Å². The van der Waals surface area contributed by atoms with Crippen LogP contribution in [0.1, 0.15) is 0 Å². The maximum atomic E-state index is 14.8. The molecule has 3 aromatic heterocycles. The molecular weight excluding hydrogens is 349 g/mol. The zero-order chi connectivity index (χ0) is 18.4. The van der Waals surface area contributed by atoms with Crippen LogP contribution >= 0.6 is 0 Å². The van der Waals surface area contributed by atoms with E-state index in [1.165, 1.54) is 12.1 Å². The number of fused-ring (bicyclic) bond motifs is 2. The van der Waals surface area contributed by atoms with Crippen molar-refractivity contribution in [3.05, 3.63) is 59.1 Å². The van der Waals surface area contributed by atoms with Gasteiger partial charge in [-0.15, -0.1) is 0 Å². The van der Waals surface area contributed by atoms with E-state index in [0.29, 0.717) is 17.2 Å². The molecule has 0 spiro atoms. The Morgan fingerprint density at radius 2 is 2.04 bits per heavy atom. The van der Waals surface area contributed by atoms with E-state index in [0.717, 1.165) is 26.2 Å². The van der Waals surface area contributed by atoms with Gasteiger partial charge in [-0.2, -0.15) is 0 Å². The van der Waals surface area contributed by atoms with Crippen LogP contribution in [-0.2, 0) is 0 Å². The van der Waals surface area contributed by atoms with Crippen LogP contribution in [0.3, 0.4) is 0 Å². The van der Waals surface area contributed by atoms with Gasteiger partial charge in [-0.1, -0.05) is 0 Å². The summed E-state index contributed by atoms with van der Waals surface area (Å²) >= 11 is 0. The normalized spacial score (nSPS) is 14.9. The molecule has 4 heterocycles. The highest BCUT2D eigenvalue weighted by Crippen LogP contribution is 2.27. The van der Waals surface area contributed by atoms with Crippen molar-refractivity contribution in [2.45, 2.75) is 0 Å². The number of nitrogens with one attached hydrogen (secondary N) is 1. The first-order valence-corrected chi connectivity index (χ1v) is 8.72. The average molecular weight is 365 g/mol. The molecule has 0 bridgehead atoms. The van der Waals surface area contributed by atoms with Gasteiger partial charge in [0.2, 0.25) is 5.78 Å². The van der Waals surface area contributed by atoms with Crippen LogP contribution in [0.5, 0.6) is 0 Å². The second-order valence-electron chi connectivity index (χ2n) is 6.48. The van der Waals surface area contributed by atoms with Crippen molar-refractivity contribution in [3.63, 3.8) is 0 Å². The first-order valence-electron chi connectivity index (χ1n) is 8.72. The fraction of sp³-hybridized carbons (Fsp3) is 0.211. The number of benzene rings is 1. The number of rotatable bonds is 2. The first-order chi connectivity index (χ1) is 13.2. The van der Waals surface area contributed by atoms with E-state index in [1.54, 1.807) is 35.1 Å². The molecule has 27 heavy (non-hydrogen) atoms. The molecule has 0 amide bonds. The zero-order valence-electron chi connectivity index (χ0n) is 14.4. The Labute approximate surface area is 153 Å². The Kier molecular flexibility index (Phi) is 3.64. The minimum Gasteiger partial charge on any atom is -0.422 e. The lowest BCUT2D eigenvalue weighted by Gasteiger charge is -2.29. The van der Waals surface area contributed by atoms with Crippen LogP contribution in [-0.4, -0.2) is 40.5 Å². The number of anilines is 1. The molecule has 0 saturated carbocycles. The Morgan fingerprint density at radius 3 is 2.85 bits per heavy atom. The summed E-state index contributed by atoms with van der Waals surface area (Å²) in [5.74, 6) is 0.0365. The fourth-order valence-corrected chi connectivity index (χ4v) is 3.41. The molecule has 1 saturated heterocycles. The van der Waals surface area contributed by atoms with E-state index in [1.807, 2.05) is 0 Å².